The Labute approximate surface area is 141 Å². The van der Waals surface area contributed by atoms with Crippen LogP contribution in [-0.2, 0) is 17.8 Å². The van der Waals surface area contributed by atoms with E-state index in [9.17, 15) is 4.79 Å². The van der Waals surface area contributed by atoms with Gasteiger partial charge in [-0.3, -0.25) is 4.79 Å². The first-order chi connectivity index (χ1) is 11.7. The number of carbonyl (C=O) groups is 1. The number of fused-ring (bicyclic) bond motifs is 2. The van der Waals surface area contributed by atoms with E-state index in [2.05, 4.69) is 35.3 Å². The lowest BCUT2D eigenvalue weighted by atomic mass is 10.1. The summed E-state index contributed by atoms with van der Waals surface area (Å²) in [6.45, 7) is 3.28. The molecular formula is C19H20N2O3. The second-order valence-corrected chi connectivity index (χ2v) is 6.27. The molecule has 2 aromatic rings. The lowest BCUT2D eigenvalue weighted by Crippen LogP contribution is -2.39. The van der Waals surface area contributed by atoms with E-state index in [-0.39, 0.29) is 12.7 Å². The maximum Gasteiger partial charge on any atom is 0.239 e. The van der Waals surface area contributed by atoms with E-state index in [0.717, 1.165) is 23.5 Å². The molecule has 1 N–H and O–H groups in total. The molecule has 5 heteroatoms. The first kappa shape index (κ1) is 14.9. The summed E-state index contributed by atoms with van der Waals surface area (Å²) in [6, 6.07) is 14.4. The van der Waals surface area contributed by atoms with Crippen molar-refractivity contribution < 1.29 is 14.3 Å². The number of carbonyl (C=O) groups excluding carboxylic acids is 1. The van der Waals surface area contributed by atoms with Crippen LogP contribution in [0.25, 0.3) is 0 Å². The van der Waals surface area contributed by atoms with Crippen LogP contribution < -0.4 is 19.7 Å². The summed E-state index contributed by atoms with van der Waals surface area (Å²) in [5.74, 6) is 1.52. The SMILES string of the molecule is C[C@H]1Cc2ccccc2N1CC(=O)NCc1ccc2c(c1)OCO2. The largest absolute Gasteiger partial charge is 0.454 e. The van der Waals surface area contributed by atoms with Crippen LogP contribution in [0.4, 0.5) is 5.69 Å². The van der Waals surface area contributed by atoms with Gasteiger partial charge < -0.3 is 19.7 Å². The predicted octanol–water partition coefficient (Wildman–Crippen LogP) is 2.48. The molecular weight excluding hydrogens is 304 g/mol. The van der Waals surface area contributed by atoms with Crippen molar-refractivity contribution in [2.75, 3.05) is 18.2 Å². The first-order valence-electron chi connectivity index (χ1n) is 8.20. The van der Waals surface area contributed by atoms with Gasteiger partial charge in [0.05, 0.1) is 6.54 Å². The van der Waals surface area contributed by atoms with Gasteiger partial charge in [0.2, 0.25) is 12.7 Å². The molecule has 0 radical (unpaired) electrons. The lowest BCUT2D eigenvalue weighted by molar-refractivity contribution is -0.120. The maximum atomic E-state index is 12.4. The Bertz CT molecular complexity index is 775. The third kappa shape index (κ3) is 2.77. The minimum atomic E-state index is 0.0243. The van der Waals surface area contributed by atoms with Gasteiger partial charge in [-0.25, -0.2) is 0 Å². The number of amides is 1. The Kier molecular flexibility index (Phi) is 3.76. The van der Waals surface area contributed by atoms with E-state index < -0.39 is 0 Å². The smallest absolute Gasteiger partial charge is 0.239 e. The second kappa shape index (κ2) is 6.07. The number of anilines is 1. The number of benzene rings is 2. The molecule has 2 aliphatic rings. The number of hydrogen-bond acceptors (Lipinski definition) is 4. The molecule has 0 saturated heterocycles. The predicted molar refractivity (Wildman–Crippen MR) is 91.4 cm³/mol. The Morgan fingerprint density at radius 2 is 2.04 bits per heavy atom. The van der Waals surface area contributed by atoms with Gasteiger partial charge in [0.1, 0.15) is 0 Å². The Balaban J connectivity index is 1.37. The fourth-order valence-corrected chi connectivity index (χ4v) is 3.33. The number of hydrogen-bond donors (Lipinski definition) is 1. The first-order valence-corrected chi connectivity index (χ1v) is 8.20. The molecule has 2 heterocycles. The molecule has 5 nitrogen and oxygen atoms in total. The minimum absolute atomic E-state index is 0.0243. The van der Waals surface area contributed by atoms with Gasteiger partial charge in [0.25, 0.3) is 0 Å². The van der Waals surface area contributed by atoms with Crippen molar-refractivity contribution in [3.63, 3.8) is 0 Å². The van der Waals surface area contributed by atoms with Gasteiger partial charge >= 0.3 is 0 Å². The third-order valence-corrected chi connectivity index (χ3v) is 4.59. The van der Waals surface area contributed by atoms with Crippen LogP contribution in [0.3, 0.4) is 0 Å². The average Bonchev–Trinajstić information content (AvgIpc) is 3.17. The Hall–Kier alpha value is -2.69. The zero-order valence-electron chi connectivity index (χ0n) is 13.6. The van der Waals surface area contributed by atoms with Crippen molar-refractivity contribution >= 4 is 11.6 Å². The molecule has 4 rings (SSSR count). The molecule has 0 unspecified atom stereocenters. The normalized spacial score (nSPS) is 17.7. The highest BCUT2D eigenvalue weighted by molar-refractivity contribution is 5.82. The summed E-state index contributed by atoms with van der Waals surface area (Å²) in [5, 5.41) is 2.99. The van der Waals surface area contributed by atoms with Gasteiger partial charge in [-0.15, -0.1) is 0 Å². The van der Waals surface area contributed by atoms with Crippen LogP contribution in [0.2, 0.25) is 0 Å². The summed E-state index contributed by atoms with van der Waals surface area (Å²) in [6.07, 6.45) is 0.992. The van der Waals surface area contributed by atoms with E-state index in [1.54, 1.807) is 0 Å². The summed E-state index contributed by atoms with van der Waals surface area (Å²) in [7, 11) is 0. The van der Waals surface area contributed by atoms with E-state index in [0.29, 0.717) is 19.1 Å². The van der Waals surface area contributed by atoms with Gasteiger partial charge in [-0.05, 0) is 42.7 Å². The number of rotatable bonds is 4. The van der Waals surface area contributed by atoms with Crippen LogP contribution >= 0.6 is 0 Å². The van der Waals surface area contributed by atoms with Crippen molar-refractivity contribution in [1.82, 2.24) is 5.32 Å². The minimum Gasteiger partial charge on any atom is -0.454 e. The molecule has 24 heavy (non-hydrogen) atoms. The molecule has 1 atom stereocenters. The number of nitrogens with zero attached hydrogens (tertiary/aromatic N) is 1. The van der Waals surface area contributed by atoms with Crippen molar-refractivity contribution in [2.24, 2.45) is 0 Å². The molecule has 124 valence electrons. The van der Waals surface area contributed by atoms with Gasteiger partial charge in [-0.1, -0.05) is 24.3 Å². The summed E-state index contributed by atoms with van der Waals surface area (Å²) in [4.78, 5) is 14.5. The molecule has 0 fully saturated rings. The highest BCUT2D eigenvalue weighted by Crippen LogP contribution is 2.33. The van der Waals surface area contributed by atoms with Gasteiger partial charge in [0, 0.05) is 18.3 Å². The molecule has 2 aliphatic heterocycles. The highest BCUT2D eigenvalue weighted by atomic mass is 16.7. The summed E-state index contributed by atoms with van der Waals surface area (Å²) >= 11 is 0. The van der Waals surface area contributed by atoms with Crippen molar-refractivity contribution in [2.45, 2.75) is 25.9 Å². The lowest BCUT2D eigenvalue weighted by Gasteiger charge is -2.24. The van der Waals surface area contributed by atoms with E-state index in [1.807, 2.05) is 24.3 Å². The molecule has 0 saturated carbocycles. The Morgan fingerprint density at radius 1 is 1.21 bits per heavy atom. The fourth-order valence-electron chi connectivity index (χ4n) is 3.33. The zero-order valence-corrected chi connectivity index (χ0v) is 13.6. The van der Waals surface area contributed by atoms with Crippen LogP contribution in [0.15, 0.2) is 42.5 Å². The number of nitrogens with one attached hydrogen (secondary N) is 1. The van der Waals surface area contributed by atoms with Crippen molar-refractivity contribution in [3.05, 3.63) is 53.6 Å². The van der Waals surface area contributed by atoms with Crippen molar-refractivity contribution in [1.29, 1.82) is 0 Å². The van der Waals surface area contributed by atoms with E-state index in [4.69, 9.17) is 9.47 Å². The maximum absolute atomic E-state index is 12.4. The molecule has 2 aromatic carbocycles. The van der Waals surface area contributed by atoms with Crippen molar-refractivity contribution in [3.8, 4) is 11.5 Å². The molecule has 0 aromatic heterocycles. The zero-order chi connectivity index (χ0) is 16.5. The van der Waals surface area contributed by atoms with Crippen LogP contribution in [-0.4, -0.2) is 25.3 Å². The monoisotopic (exact) mass is 324 g/mol. The standard InChI is InChI=1S/C19H20N2O3/c1-13-8-15-4-2-3-5-16(15)21(13)11-19(22)20-10-14-6-7-17-18(9-14)24-12-23-17/h2-7,9,13H,8,10-12H2,1H3,(H,20,22)/t13-/m0/s1. The van der Waals surface area contributed by atoms with E-state index >= 15 is 0 Å². The highest BCUT2D eigenvalue weighted by Gasteiger charge is 2.26. The summed E-state index contributed by atoms with van der Waals surface area (Å²) in [5.41, 5.74) is 3.49. The topological polar surface area (TPSA) is 50.8 Å². The molecule has 0 aliphatic carbocycles. The van der Waals surface area contributed by atoms with E-state index in [1.165, 1.54) is 11.3 Å². The summed E-state index contributed by atoms with van der Waals surface area (Å²) < 4.78 is 10.7. The average molecular weight is 324 g/mol. The number of ether oxygens (including phenoxy) is 2. The third-order valence-electron chi connectivity index (χ3n) is 4.59. The number of para-hydroxylation sites is 1. The molecule has 0 bridgehead atoms. The van der Waals surface area contributed by atoms with Crippen LogP contribution in [0, 0.1) is 0 Å². The second-order valence-electron chi connectivity index (χ2n) is 6.27. The fraction of sp³-hybridized carbons (Fsp3) is 0.316. The quantitative estimate of drug-likeness (QED) is 0.939. The van der Waals surface area contributed by atoms with Gasteiger partial charge in [-0.2, -0.15) is 0 Å². The Morgan fingerprint density at radius 3 is 2.96 bits per heavy atom. The van der Waals surface area contributed by atoms with Gasteiger partial charge in [0.15, 0.2) is 11.5 Å². The van der Waals surface area contributed by atoms with Crippen LogP contribution in [0.5, 0.6) is 11.5 Å². The molecule has 0 spiro atoms. The molecule has 1 amide bonds. The van der Waals surface area contributed by atoms with Crippen LogP contribution in [0.1, 0.15) is 18.1 Å².